The Morgan fingerprint density at radius 2 is 1.69 bits per heavy atom. The number of non-ortho nitro benzene ring substituents is 1. The van der Waals surface area contributed by atoms with Crippen molar-refractivity contribution < 1.29 is 17.2 Å². The summed E-state index contributed by atoms with van der Waals surface area (Å²) in [7, 11) is -4.77. The number of halogens is 1. The largest absolute Gasteiger partial charge is 0.332 e. The Morgan fingerprint density at radius 3 is 2.00 bits per heavy atom. The average molecular weight is 204 g/mol. The molecule has 0 N–H and O–H groups in total. The van der Waals surface area contributed by atoms with Gasteiger partial charge in [-0.25, -0.2) is 0 Å². The number of nitrogens with zero attached hydrogens (tertiary/aromatic N) is 1. The smallest absolute Gasteiger partial charge is 0.258 e. The van der Waals surface area contributed by atoms with E-state index in [1.807, 2.05) is 0 Å². The van der Waals surface area contributed by atoms with Crippen molar-refractivity contribution in [3.05, 3.63) is 34.4 Å². The van der Waals surface area contributed by atoms with Gasteiger partial charge in [-0.05, 0) is 12.1 Å². The normalized spacial score (nSPS) is 11.2. The van der Waals surface area contributed by atoms with Crippen LogP contribution in [0.25, 0.3) is 0 Å². The zero-order valence-corrected chi connectivity index (χ0v) is 6.99. The molecule has 7 heteroatoms. The maximum atomic E-state index is 12.3. The van der Waals surface area contributed by atoms with Gasteiger partial charge in [0.15, 0.2) is 0 Å². The van der Waals surface area contributed by atoms with Gasteiger partial charge in [-0.3, -0.25) is 10.1 Å². The average Bonchev–Trinajstić information content (AvgIpc) is 2.03. The van der Waals surface area contributed by atoms with Crippen LogP contribution in [0.2, 0.25) is 0 Å². The Balaban J connectivity index is 3.16. The molecule has 0 fully saturated rings. The second-order valence-corrected chi connectivity index (χ2v) is 3.54. The summed E-state index contributed by atoms with van der Waals surface area (Å²) >= 11 is 0. The number of hydrogen-bond acceptors (Lipinski definition) is 4. The summed E-state index contributed by atoms with van der Waals surface area (Å²) in [5.41, 5.74) is -0.285. The van der Waals surface area contributed by atoms with Crippen molar-refractivity contribution >= 4 is 15.9 Å². The highest BCUT2D eigenvalue weighted by molar-refractivity contribution is 7.86. The van der Waals surface area contributed by atoms with Gasteiger partial charge in [-0.1, -0.05) is 0 Å². The molecule has 0 amide bonds. The molecule has 0 aromatic heterocycles. The van der Waals surface area contributed by atoms with E-state index in [4.69, 9.17) is 0 Å². The predicted molar refractivity (Wildman–Crippen MR) is 41.4 cm³/mol. The Bertz CT molecular complexity index is 424. The number of nitro benzene ring substituents is 1. The van der Waals surface area contributed by atoms with Gasteiger partial charge in [0.05, 0.1) is 9.82 Å². The lowest BCUT2D eigenvalue weighted by molar-refractivity contribution is -0.384. The van der Waals surface area contributed by atoms with Crippen LogP contribution in [0.15, 0.2) is 29.2 Å². The highest BCUT2D eigenvalue weighted by atomic mass is 32.2. The molecule has 0 aliphatic rings. The summed E-state index contributed by atoms with van der Waals surface area (Å²) in [5.74, 6) is 0. The van der Waals surface area contributed by atoms with Crippen LogP contribution in [0.1, 0.15) is 0 Å². The Hall–Kier alpha value is -1.50. The SMILES string of the molecule is O=[N+]([O-])c1ccc(S(=O)(=O)[18F])cc1. The molecular formula is C6H4FNO4S. The maximum Gasteiger partial charge on any atom is 0.332 e. The summed E-state index contributed by atoms with van der Waals surface area (Å²) in [4.78, 5) is 8.84. The van der Waals surface area contributed by atoms with Crippen molar-refractivity contribution in [1.29, 1.82) is 0 Å². The second kappa shape index (κ2) is 3.09. The minimum atomic E-state index is -4.77. The fraction of sp³-hybridized carbons (Fsp3) is 0. The summed E-state index contributed by atoms with van der Waals surface area (Å²) in [6, 6.07) is 3.53. The highest BCUT2D eigenvalue weighted by Crippen LogP contribution is 2.16. The van der Waals surface area contributed by atoms with Crippen LogP contribution in [-0.4, -0.2) is 13.3 Å². The van der Waals surface area contributed by atoms with Crippen LogP contribution in [0.5, 0.6) is 0 Å². The van der Waals surface area contributed by atoms with E-state index in [-0.39, 0.29) is 5.69 Å². The van der Waals surface area contributed by atoms with Gasteiger partial charge >= 0.3 is 10.2 Å². The van der Waals surface area contributed by atoms with Crippen molar-refractivity contribution in [3.63, 3.8) is 0 Å². The molecule has 5 nitrogen and oxygen atoms in total. The van der Waals surface area contributed by atoms with E-state index in [0.717, 1.165) is 24.3 Å². The lowest BCUT2D eigenvalue weighted by Gasteiger charge is -1.93. The quantitative estimate of drug-likeness (QED) is 0.412. The van der Waals surface area contributed by atoms with Crippen LogP contribution < -0.4 is 0 Å². The van der Waals surface area contributed by atoms with Crippen LogP contribution in [0.4, 0.5) is 9.57 Å². The van der Waals surface area contributed by atoms with Crippen LogP contribution >= 0.6 is 0 Å². The van der Waals surface area contributed by atoms with Crippen molar-refractivity contribution in [2.75, 3.05) is 0 Å². The van der Waals surface area contributed by atoms with Crippen LogP contribution in [-0.2, 0) is 10.2 Å². The summed E-state index contributed by atoms with van der Waals surface area (Å²) < 4.78 is 32.8. The van der Waals surface area contributed by atoms with Gasteiger partial charge in [0.1, 0.15) is 0 Å². The van der Waals surface area contributed by atoms with E-state index in [2.05, 4.69) is 0 Å². The highest BCUT2D eigenvalue weighted by Gasteiger charge is 2.13. The monoisotopic (exact) mass is 204 g/mol. The molecule has 13 heavy (non-hydrogen) atoms. The molecule has 0 bridgehead atoms. The van der Waals surface area contributed by atoms with Gasteiger partial charge in [0.2, 0.25) is 0 Å². The number of nitro groups is 1. The molecule has 0 saturated heterocycles. The number of rotatable bonds is 2. The number of hydrogen-bond donors (Lipinski definition) is 0. The lowest BCUT2D eigenvalue weighted by atomic mass is 10.3. The van der Waals surface area contributed by atoms with E-state index in [0.29, 0.717) is 0 Å². The Labute approximate surface area is 73.2 Å². The van der Waals surface area contributed by atoms with Crippen LogP contribution in [0.3, 0.4) is 0 Å². The molecule has 1 rings (SSSR count). The lowest BCUT2D eigenvalue weighted by Crippen LogP contribution is -1.93. The fourth-order valence-corrected chi connectivity index (χ4v) is 1.19. The first-order valence-electron chi connectivity index (χ1n) is 3.10. The van der Waals surface area contributed by atoms with Crippen LogP contribution in [0, 0.1) is 10.1 Å². The zero-order valence-electron chi connectivity index (χ0n) is 6.18. The molecule has 1 aromatic rings. The Kier molecular flexibility index (Phi) is 2.28. The van der Waals surface area contributed by atoms with Crippen molar-refractivity contribution in [2.24, 2.45) is 0 Å². The van der Waals surface area contributed by atoms with E-state index in [1.165, 1.54) is 0 Å². The van der Waals surface area contributed by atoms with E-state index < -0.39 is 20.0 Å². The summed E-state index contributed by atoms with van der Waals surface area (Å²) in [6.45, 7) is 0. The minimum Gasteiger partial charge on any atom is -0.258 e. The first-order chi connectivity index (χ1) is 5.91. The molecule has 0 aliphatic heterocycles. The first kappa shape index (κ1) is 9.59. The number of benzene rings is 1. The molecule has 70 valence electrons. The molecule has 0 aliphatic carbocycles. The molecule has 0 atom stereocenters. The molecule has 0 radical (unpaired) electrons. The van der Waals surface area contributed by atoms with Crippen molar-refractivity contribution in [2.45, 2.75) is 4.90 Å². The minimum absolute atomic E-state index is 0.285. The summed E-state index contributed by atoms with van der Waals surface area (Å²) in [6.07, 6.45) is 0. The van der Waals surface area contributed by atoms with Crippen molar-refractivity contribution in [3.8, 4) is 0 Å². The predicted octanol–water partition coefficient (Wildman–Crippen LogP) is 1.25. The third-order valence-electron chi connectivity index (χ3n) is 1.33. The van der Waals surface area contributed by atoms with E-state index in [1.54, 1.807) is 0 Å². The van der Waals surface area contributed by atoms with E-state index in [9.17, 15) is 22.4 Å². The molecular weight excluding hydrogens is 200 g/mol. The second-order valence-electron chi connectivity index (χ2n) is 2.19. The zero-order chi connectivity index (χ0) is 10.1. The Morgan fingerprint density at radius 1 is 1.23 bits per heavy atom. The van der Waals surface area contributed by atoms with Gasteiger partial charge in [-0.2, -0.15) is 8.42 Å². The topological polar surface area (TPSA) is 77.3 Å². The van der Waals surface area contributed by atoms with Crippen molar-refractivity contribution in [1.82, 2.24) is 0 Å². The molecule has 1 aromatic carbocycles. The first-order valence-corrected chi connectivity index (χ1v) is 4.49. The van der Waals surface area contributed by atoms with Gasteiger partial charge < -0.3 is 0 Å². The third kappa shape index (κ3) is 2.22. The molecule has 0 unspecified atom stereocenters. The van der Waals surface area contributed by atoms with Gasteiger partial charge in [0, 0.05) is 12.1 Å². The maximum absolute atomic E-state index is 12.3. The third-order valence-corrected chi connectivity index (χ3v) is 2.16. The summed E-state index contributed by atoms with van der Waals surface area (Å²) in [5, 5.41) is 10.1. The van der Waals surface area contributed by atoms with Gasteiger partial charge in [0.25, 0.3) is 5.69 Å². The molecule has 0 heterocycles. The standard InChI is InChI=1S/C6H4FNO4S/c7-13(11,12)6-3-1-5(2-4-6)8(9)10/h1-4H/i7-1. The molecule has 0 saturated carbocycles. The molecule has 0 spiro atoms. The van der Waals surface area contributed by atoms with Gasteiger partial charge in [-0.15, -0.1) is 3.89 Å². The van der Waals surface area contributed by atoms with E-state index >= 15 is 0 Å². The fourth-order valence-electron chi connectivity index (χ4n) is 0.730.